The molecule has 1 fully saturated rings. The van der Waals surface area contributed by atoms with Crippen LogP contribution in [-0.2, 0) is 4.74 Å². The van der Waals surface area contributed by atoms with Crippen LogP contribution in [0.5, 0.6) is 0 Å². The molecule has 1 heterocycles. The monoisotopic (exact) mass is 300 g/mol. The van der Waals surface area contributed by atoms with Crippen molar-refractivity contribution in [2.45, 2.75) is 38.7 Å². The van der Waals surface area contributed by atoms with Gasteiger partial charge >= 0.3 is 6.09 Å². The van der Waals surface area contributed by atoms with Gasteiger partial charge < -0.3 is 4.74 Å². The van der Waals surface area contributed by atoms with Crippen molar-refractivity contribution in [3.8, 4) is 12.3 Å². The van der Waals surface area contributed by atoms with E-state index in [1.54, 1.807) is 0 Å². The molecule has 4 nitrogen and oxygen atoms in total. The van der Waals surface area contributed by atoms with E-state index in [1.807, 2.05) is 24.3 Å². The Hall–Kier alpha value is -1.99. The number of carbonyl (C=O) groups is 1. The molecule has 1 aromatic rings. The minimum atomic E-state index is -0.398. The lowest BCUT2D eigenvalue weighted by molar-refractivity contribution is 0.0549. The quantitative estimate of drug-likeness (QED) is 0.866. The van der Waals surface area contributed by atoms with Gasteiger partial charge in [0.15, 0.2) is 0 Å². The molecule has 1 unspecified atom stereocenters. The van der Waals surface area contributed by atoms with Crippen molar-refractivity contribution in [1.29, 1.82) is 0 Å². The zero-order chi connectivity index (χ0) is 15.9. The summed E-state index contributed by atoms with van der Waals surface area (Å²) in [6, 6.07) is 7.86. The molecule has 0 radical (unpaired) electrons. The van der Waals surface area contributed by atoms with Crippen molar-refractivity contribution < 1.29 is 9.53 Å². The predicted molar refractivity (Wildman–Crippen MR) is 88.9 cm³/mol. The van der Waals surface area contributed by atoms with E-state index in [-0.39, 0.29) is 6.10 Å². The van der Waals surface area contributed by atoms with Gasteiger partial charge in [0.1, 0.15) is 6.10 Å². The molecular formula is C18H24N2O2. The molecule has 1 aliphatic heterocycles. The number of nitrogens with zero attached hydrogens (tertiary/aromatic N) is 1. The highest BCUT2D eigenvalue weighted by Crippen LogP contribution is 2.18. The number of carbonyl (C=O) groups excluding carboxylic acids is 1. The molecule has 1 aliphatic rings. The average molecular weight is 300 g/mol. The Labute approximate surface area is 132 Å². The minimum absolute atomic E-state index is 0.0861. The Morgan fingerprint density at radius 1 is 1.45 bits per heavy atom. The number of rotatable bonds is 4. The number of piperidine rings is 1. The number of benzene rings is 1. The van der Waals surface area contributed by atoms with Crippen LogP contribution in [0.15, 0.2) is 24.3 Å². The molecule has 1 N–H and O–H groups in total. The maximum atomic E-state index is 12.0. The molecule has 22 heavy (non-hydrogen) atoms. The summed E-state index contributed by atoms with van der Waals surface area (Å²) >= 11 is 0. The minimum Gasteiger partial charge on any atom is -0.445 e. The molecule has 118 valence electrons. The first-order chi connectivity index (χ1) is 10.6. The van der Waals surface area contributed by atoms with Gasteiger partial charge in [-0.3, -0.25) is 10.2 Å². The smallest absolute Gasteiger partial charge is 0.411 e. The third-order valence-corrected chi connectivity index (χ3v) is 3.87. The van der Waals surface area contributed by atoms with Crippen LogP contribution >= 0.6 is 0 Å². The molecule has 0 bridgehead atoms. The lowest BCUT2D eigenvalue weighted by Crippen LogP contribution is -2.41. The van der Waals surface area contributed by atoms with Gasteiger partial charge in [-0.2, -0.15) is 0 Å². The molecule has 1 amide bonds. The highest BCUT2D eigenvalue weighted by Gasteiger charge is 2.22. The van der Waals surface area contributed by atoms with E-state index in [0.717, 1.165) is 25.1 Å². The fraction of sp³-hybridized carbons (Fsp3) is 0.500. The van der Waals surface area contributed by atoms with Crippen LogP contribution in [0.3, 0.4) is 0 Å². The number of hydrogen-bond donors (Lipinski definition) is 1. The van der Waals surface area contributed by atoms with Gasteiger partial charge in [-0.1, -0.05) is 31.9 Å². The summed E-state index contributed by atoms with van der Waals surface area (Å²) in [6.07, 6.45) is 6.74. The van der Waals surface area contributed by atoms with Crippen LogP contribution < -0.4 is 5.32 Å². The van der Waals surface area contributed by atoms with E-state index < -0.39 is 6.09 Å². The fourth-order valence-corrected chi connectivity index (χ4v) is 2.63. The number of anilines is 1. The lowest BCUT2D eigenvalue weighted by atomic mass is 10.0. The standard InChI is InChI=1S/C18H24N2O2/c1-4-11-20-12-5-6-17(13-20)22-18(21)19-16-9-7-15(8-10-16)14(2)3/h1,7-10,14,17H,5-6,11-13H2,2-3H3,(H,19,21). The summed E-state index contributed by atoms with van der Waals surface area (Å²) in [7, 11) is 0. The van der Waals surface area contributed by atoms with E-state index in [0.29, 0.717) is 19.0 Å². The zero-order valence-electron chi connectivity index (χ0n) is 13.3. The van der Waals surface area contributed by atoms with Gasteiger partial charge in [0.25, 0.3) is 0 Å². The number of terminal acetylenes is 1. The Bertz CT molecular complexity index is 531. The van der Waals surface area contributed by atoms with Crippen LogP contribution in [0, 0.1) is 12.3 Å². The SMILES string of the molecule is C#CCN1CCCC(OC(=O)Nc2ccc(C(C)C)cc2)C1. The first-order valence-electron chi connectivity index (χ1n) is 7.82. The van der Waals surface area contributed by atoms with Crippen LogP contribution in [-0.4, -0.2) is 36.7 Å². The normalized spacial score (nSPS) is 18.7. The number of nitrogens with one attached hydrogen (secondary N) is 1. The van der Waals surface area contributed by atoms with Gasteiger partial charge in [0.05, 0.1) is 6.54 Å². The second-order valence-electron chi connectivity index (χ2n) is 6.01. The Balaban J connectivity index is 1.83. The van der Waals surface area contributed by atoms with Crippen molar-refractivity contribution in [1.82, 2.24) is 4.90 Å². The van der Waals surface area contributed by atoms with Gasteiger partial charge in [-0.15, -0.1) is 6.42 Å². The largest absolute Gasteiger partial charge is 0.445 e. The first-order valence-corrected chi connectivity index (χ1v) is 7.82. The first kappa shape index (κ1) is 16.4. The summed E-state index contributed by atoms with van der Waals surface area (Å²) < 4.78 is 5.49. The second-order valence-corrected chi connectivity index (χ2v) is 6.01. The molecular weight excluding hydrogens is 276 g/mol. The van der Waals surface area contributed by atoms with E-state index in [4.69, 9.17) is 11.2 Å². The molecule has 1 saturated heterocycles. The fourth-order valence-electron chi connectivity index (χ4n) is 2.63. The molecule has 1 aromatic carbocycles. The highest BCUT2D eigenvalue weighted by atomic mass is 16.6. The molecule has 0 saturated carbocycles. The summed E-state index contributed by atoms with van der Waals surface area (Å²) in [5.74, 6) is 3.11. The molecule has 0 spiro atoms. The maximum absolute atomic E-state index is 12.0. The van der Waals surface area contributed by atoms with E-state index in [9.17, 15) is 4.79 Å². The number of amides is 1. The van der Waals surface area contributed by atoms with Crippen molar-refractivity contribution in [3.05, 3.63) is 29.8 Å². The Kier molecular flexibility index (Phi) is 5.85. The number of ether oxygens (including phenoxy) is 1. The molecule has 2 rings (SSSR count). The summed E-state index contributed by atoms with van der Waals surface area (Å²) in [4.78, 5) is 14.1. The van der Waals surface area contributed by atoms with E-state index in [1.165, 1.54) is 5.56 Å². The van der Waals surface area contributed by atoms with Crippen LogP contribution in [0.2, 0.25) is 0 Å². The molecule has 1 atom stereocenters. The van der Waals surface area contributed by atoms with Crippen LogP contribution in [0.1, 0.15) is 38.2 Å². The van der Waals surface area contributed by atoms with Crippen molar-refractivity contribution in [2.75, 3.05) is 25.0 Å². The van der Waals surface area contributed by atoms with Gasteiger partial charge in [-0.25, -0.2) is 4.79 Å². The van der Waals surface area contributed by atoms with Gasteiger partial charge in [0, 0.05) is 12.2 Å². The predicted octanol–water partition coefficient (Wildman–Crippen LogP) is 3.46. The summed E-state index contributed by atoms with van der Waals surface area (Å²) in [5, 5.41) is 2.78. The van der Waals surface area contributed by atoms with Crippen molar-refractivity contribution in [3.63, 3.8) is 0 Å². The van der Waals surface area contributed by atoms with Gasteiger partial charge in [-0.05, 0) is 43.0 Å². The van der Waals surface area contributed by atoms with Gasteiger partial charge in [0.2, 0.25) is 0 Å². The van der Waals surface area contributed by atoms with E-state index in [2.05, 4.69) is 30.0 Å². The van der Waals surface area contributed by atoms with Crippen LogP contribution in [0.25, 0.3) is 0 Å². The molecule has 4 heteroatoms. The Morgan fingerprint density at radius 2 is 2.18 bits per heavy atom. The highest BCUT2D eigenvalue weighted by molar-refractivity contribution is 5.84. The summed E-state index contributed by atoms with van der Waals surface area (Å²) in [5.41, 5.74) is 2.00. The number of hydrogen-bond acceptors (Lipinski definition) is 3. The third kappa shape index (κ3) is 4.78. The third-order valence-electron chi connectivity index (χ3n) is 3.87. The maximum Gasteiger partial charge on any atom is 0.411 e. The number of likely N-dealkylation sites (tertiary alicyclic amines) is 1. The lowest BCUT2D eigenvalue weighted by Gasteiger charge is -2.30. The Morgan fingerprint density at radius 3 is 2.82 bits per heavy atom. The molecule has 0 aliphatic carbocycles. The van der Waals surface area contributed by atoms with Crippen LogP contribution in [0.4, 0.5) is 10.5 Å². The average Bonchev–Trinajstić information content (AvgIpc) is 2.48. The van der Waals surface area contributed by atoms with Crippen molar-refractivity contribution in [2.24, 2.45) is 0 Å². The van der Waals surface area contributed by atoms with Crippen molar-refractivity contribution >= 4 is 11.8 Å². The second kappa shape index (κ2) is 7.86. The topological polar surface area (TPSA) is 41.6 Å². The zero-order valence-corrected chi connectivity index (χ0v) is 13.3. The molecule has 0 aromatic heterocycles. The van der Waals surface area contributed by atoms with E-state index >= 15 is 0 Å². The summed E-state index contributed by atoms with van der Waals surface area (Å²) in [6.45, 7) is 6.58.